The summed E-state index contributed by atoms with van der Waals surface area (Å²) < 4.78 is 5.02. The van der Waals surface area contributed by atoms with Crippen molar-refractivity contribution in [3.8, 4) is 0 Å². The first-order chi connectivity index (χ1) is 7.36. The van der Waals surface area contributed by atoms with Gasteiger partial charge in [0.1, 0.15) is 6.10 Å². The average molecular weight is 206 g/mol. The van der Waals surface area contributed by atoms with Crippen molar-refractivity contribution in [1.82, 2.24) is 0 Å². The van der Waals surface area contributed by atoms with Crippen molar-refractivity contribution in [2.75, 3.05) is 0 Å². The van der Waals surface area contributed by atoms with Gasteiger partial charge in [0.05, 0.1) is 0 Å². The highest BCUT2D eigenvalue weighted by atomic mass is 16.5. The number of carbonyl (C=O) groups is 1. The van der Waals surface area contributed by atoms with Gasteiger partial charge in [-0.2, -0.15) is 0 Å². The molecule has 0 aliphatic carbocycles. The van der Waals surface area contributed by atoms with Crippen LogP contribution in [0.5, 0.6) is 0 Å². The molecule has 15 heavy (non-hydrogen) atoms. The van der Waals surface area contributed by atoms with Crippen LogP contribution in [0.25, 0.3) is 0 Å². The first-order valence-corrected chi connectivity index (χ1v) is 5.49. The lowest BCUT2D eigenvalue weighted by atomic mass is 10.0. The topological polar surface area (TPSA) is 26.3 Å². The molecule has 0 N–H and O–H groups in total. The van der Waals surface area contributed by atoms with Crippen LogP contribution in [0.1, 0.15) is 31.7 Å². The molecule has 0 radical (unpaired) electrons. The Morgan fingerprint density at radius 1 is 1.27 bits per heavy atom. The molecule has 2 nitrogen and oxygen atoms in total. The number of hydrogen-bond acceptors (Lipinski definition) is 2. The van der Waals surface area contributed by atoms with Crippen molar-refractivity contribution >= 4 is 6.47 Å². The van der Waals surface area contributed by atoms with Gasteiger partial charge in [-0.15, -0.1) is 0 Å². The van der Waals surface area contributed by atoms with Crippen LogP contribution in [-0.4, -0.2) is 12.6 Å². The van der Waals surface area contributed by atoms with Crippen LogP contribution in [-0.2, 0) is 16.0 Å². The van der Waals surface area contributed by atoms with E-state index >= 15 is 0 Å². The first kappa shape index (κ1) is 11.8. The average Bonchev–Trinajstić information content (AvgIpc) is 2.28. The van der Waals surface area contributed by atoms with Gasteiger partial charge in [-0.05, 0) is 24.8 Å². The van der Waals surface area contributed by atoms with E-state index in [0.29, 0.717) is 6.47 Å². The molecular weight excluding hydrogens is 188 g/mol. The lowest BCUT2D eigenvalue weighted by molar-refractivity contribution is -0.134. The van der Waals surface area contributed by atoms with Crippen LogP contribution < -0.4 is 0 Å². The molecule has 1 aromatic carbocycles. The fraction of sp³-hybridized carbons (Fsp3) is 0.462. The summed E-state index contributed by atoms with van der Waals surface area (Å²) in [6.07, 6.45) is 3.96. The Kier molecular flexibility index (Phi) is 5.52. The summed E-state index contributed by atoms with van der Waals surface area (Å²) in [7, 11) is 0. The number of ether oxygens (including phenoxy) is 1. The van der Waals surface area contributed by atoms with Gasteiger partial charge >= 0.3 is 0 Å². The van der Waals surface area contributed by atoms with Crippen LogP contribution in [0, 0.1) is 0 Å². The minimum atomic E-state index is 0.0766. The Hall–Kier alpha value is -1.31. The molecule has 1 atom stereocenters. The molecule has 0 unspecified atom stereocenters. The third-order valence-electron chi connectivity index (χ3n) is 2.46. The minimum Gasteiger partial charge on any atom is -0.465 e. The third kappa shape index (κ3) is 4.63. The second-order valence-corrected chi connectivity index (χ2v) is 3.67. The lowest BCUT2D eigenvalue weighted by Gasteiger charge is -2.13. The second-order valence-electron chi connectivity index (χ2n) is 3.67. The van der Waals surface area contributed by atoms with Gasteiger partial charge in [-0.25, -0.2) is 0 Å². The summed E-state index contributed by atoms with van der Waals surface area (Å²) in [4.78, 5) is 10.3. The summed E-state index contributed by atoms with van der Waals surface area (Å²) >= 11 is 0. The molecular formula is C13H18O2. The Labute approximate surface area is 91.3 Å². The molecule has 0 aliphatic rings. The van der Waals surface area contributed by atoms with Crippen LogP contribution in [0.3, 0.4) is 0 Å². The van der Waals surface area contributed by atoms with Gasteiger partial charge in [0.2, 0.25) is 0 Å². The zero-order chi connectivity index (χ0) is 10.9. The summed E-state index contributed by atoms with van der Waals surface area (Å²) in [6.45, 7) is 2.66. The Morgan fingerprint density at radius 3 is 2.60 bits per heavy atom. The number of hydrogen-bond donors (Lipinski definition) is 0. The van der Waals surface area contributed by atoms with Gasteiger partial charge in [0.25, 0.3) is 6.47 Å². The van der Waals surface area contributed by atoms with Crippen molar-refractivity contribution in [3.63, 3.8) is 0 Å². The second kappa shape index (κ2) is 7.04. The van der Waals surface area contributed by atoms with Crippen molar-refractivity contribution < 1.29 is 9.53 Å². The van der Waals surface area contributed by atoms with E-state index in [0.717, 1.165) is 25.7 Å². The molecule has 0 fully saturated rings. The number of aryl methyl sites for hydroxylation is 1. The van der Waals surface area contributed by atoms with Gasteiger partial charge in [-0.3, -0.25) is 4.79 Å². The lowest BCUT2D eigenvalue weighted by Crippen LogP contribution is -2.12. The molecule has 2 heteroatoms. The van der Waals surface area contributed by atoms with Crippen LogP contribution in [0.15, 0.2) is 30.3 Å². The Balaban J connectivity index is 2.36. The van der Waals surface area contributed by atoms with E-state index in [9.17, 15) is 4.79 Å². The smallest absolute Gasteiger partial charge is 0.293 e. The maximum Gasteiger partial charge on any atom is 0.293 e. The van der Waals surface area contributed by atoms with E-state index in [-0.39, 0.29) is 6.10 Å². The minimum absolute atomic E-state index is 0.0766. The van der Waals surface area contributed by atoms with Gasteiger partial charge in [0, 0.05) is 0 Å². The highest BCUT2D eigenvalue weighted by molar-refractivity contribution is 5.37. The molecule has 0 aliphatic heterocycles. The predicted molar refractivity (Wildman–Crippen MR) is 60.6 cm³/mol. The molecule has 0 saturated heterocycles. The molecule has 82 valence electrons. The Morgan fingerprint density at radius 2 is 2.00 bits per heavy atom. The van der Waals surface area contributed by atoms with Crippen LogP contribution >= 0.6 is 0 Å². The molecule has 1 aromatic rings. The van der Waals surface area contributed by atoms with E-state index in [1.165, 1.54) is 5.56 Å². The van der Waals surface area contributed by atoms with Crippen molar-refractivity contribution in [3.05, 3.63) is 35.9 Å². The first-order valence-electron chi connectivity index (χ1n) is 5.49. The highest BCUT2D eigenvalue weighted by Crippen LogP contribution is 2.10. The maximum atomic E-state index is 10.3. The molecule has 1 rings (SSSR count). The molecule has 0 spiro atoms. The van der Waals surface area contributed by atoms with E-state index in [1.54, 1.807) is 0 Å². The van der Waals surface area contributed by atoms with Gasteiger partial charge in [0.15, 0.2) is 0 Å². The normalized spacial score (nSPS) is 12.1. The summed E-state index contributed by atoms with van der Waals surface area (Å²) in [6, 6.07) is 10.3. The maximum absolute atomic E-state index is 10.3. The third-order valence-corrected chi connectivity index (χ3v) is 2.46. The molecule has 0 amide bonds. The predicted octanol–water partition coefficient (Wildman–Crippen LogP) is 2.96. The van der Waals surface area contributed by atoms with E-state index in [2.05, 4.69) is 19.1 Å². The van der Waals surface area contributed by atoms with E-state index in [4.69, 9.17) is 4.74 Å². The molecule has 0 saturated carbocycles. The summed E-state index contributed by atoms with van der Waals surface area (Å²) in [5.41, 5.74) is 1.30. The molecule has 0 bridgehead atoms. The summed E-state index contributed by atoms with van der Waals surface area (Å²) in [5, 5.41) is 0. The zero-order valence-corrected chi connectivity index (χ0v) is 9.19. The van der Waals surface area contributed by atoms with Crippen LogP contribution in [0.2, 0.25) is 0 Å². The van der Waals surface area contributed by atoms with Crippen molar-refractivity contribution in [2.45, 2.75) is 38.7 Å². The Bertz CT molecular complexity index is 269. The van der Waals surface area contributed by atoms with E-state index in [1.807, 2.05) is 18.2 Å². The molecule has 0 aromatic heterocycles. The number of benzene rings is 1. The SMILES string of the molecule is CCC[C@@H](CCc1ccccc1)OC=O. The van der Waals surface area contributed by atoms with Crippen molar-refractivity contribution in [1.29, 1.82) is 0 Å². The van der Waals surface area contributed by atoms with Gasteiger partial charge < -0.3 is 4.74 Å². The fourth-order valence-corrected chi connectivity index (χ4v) is 1.65. The molecule has 0 heterocycles. The largest absolute Gasteiger partial charge is 0.465 e. The van der Waals surface area contributed by atoms with Crippen LogP contribution in [0.4, 0.5) is 0 Å². The monoisotopic (exact) mass is 206 g/mol. The number of rotatable bonds is 7. The zero-order valence-electron chi connectivity index (χ0n) is 9.19. The van der Waals surface area contributed by atoms with Crippen molar-refractivity contribution in [2.24, 2.45) is 0 Å². The highest BCUT2D eigenvalue weighted by Gasteiger charge is 2.07. The number of carbonyl (C=O) groups excluding carboxylic acids is 1. The van der Waals surface area contributed by atoms with E-state index < -0.39 is 0 Å². The van der Waals surface area contributed by atoms with Gasteiger partial charge in [-0.1, -0.05) is 43.7 Å². The summed E-state index contributed by atoms with van der Waals surface area (Å²) in [5.74, 6) is 0. The fourth-order valence-electron chi connectivity index (χ4n) is 1.65. The quantitative estimate of drug-likeness (QED) is 0.641. The standard InChI is InChI=1S/C13H18O2/c1-2-6-13(15-11-14)10-9-12-7-4-3-5-8-12/h3-5,7-8,11,13H,2,6,9-10H2,1H3/t13-/m0/s1.